The van der Waals surface area contributed by atoms with Gasteiger partial charge in [0.15, 0.2) is 0 Å². The van der Waals surface area contributed by atoms with Crippen LogP contribution in [0.25, 0.3) is 0 Å². The van der Waals surface area contributed by atoms with E-state index in [-0.39, 0.29) is 12.4 Å². The molecule has 2 rings (SSSR count). The van der Waals surface area contributed by atoms with Crippen molar-refractivity contribution in [3.63, 3.8) is 0 Å². The number of halogens is 4. The molecule has 1 aliphatic rings. The van der Waals surface area contributed by atoms with Crippen molar-refractivity contribution in [2.75, 3.05) is 5.32 Å². The number of allylic oxidation sites excluding steroid dienone is 2. The highest BCUT2D eigenvalue weighted by Crippen LogP contribution is 2.50. The molecule has 1 heterocycles. The first kappa shape index (κ1) is 21.5. The monoisotopic (exact) mass is 404 g/mol. The highest BCUT2D eigenvalue weighted by molar-refractivity contribution is 6.05. The number of carbonyl (C=O) groups excluding carboxylic acids is 2. The smallest absolute Gasteiger partial charge is 0.369 e. The minimum atomic E-state index is -4.68. The lowest BCUT2D eigenvalue weighted by Gasteiger charge is -2.41. The fourth-order valence-corrected chi connectivity index (χ4v) is 3.58. The summed E-state index contributed by atoms with van der Waals surface area (Å²) >= 11 is 0. The Morgan fingerprint density at radius 1 is 1.36 bits per heavy atom. The summed E-state index contributed by atoms with van der Waals surface area (Å²) in [6.07, 6.45) is -5.74. The highest BCUT2D eigenvalue weighted by Gasteiger charge is 2.52. The molecular formula is C16H20F4N6O2. The number of anilines is 1. The minimum absolute atomic E-state index is 0.0637. The summed E-state index contributed by atoms with van der Waals surface area (Å²) in [6.45, 7) is 4.78. The molecule has 3 N–H and O–H groups in total. The molecule has 1 aromatic rings. The van der Waals surface area contributed by atoms with Crippen LogP contribution >= 0.6 is 0 Å². The molecule has 0 spiro atoms. The van der Waals surface area contributed by atoms with Crippen LogP contribution in [0.2, 0.25) is 0 Å². The fraction of sp³-hybridized carbons (Fsp3) is 0.562. The van der Waals surface area contributed by atoms with Gasteiger partial charge in [-0.25, -0.2) is 9.07 Å². The predicted molar refractivity (Wildman–Crippen MR) is 90.1 cm³/mol. The third-order valence-corrected chi connectivity index (χ3v) is 4.99. The Morgan fingerprint density at radius 3 is 2.50 bits per heavy atom. The van der Waals surface area contributed by atoms with E-state index in [0.29, 0.717) is 12.6 Å². The largest absolute Gasteiger partial charge is 0.392 e. The average Bonchev–Trinajstić information content (AvgIpc) is 3.00. The van der Waals surface area contributed by atoms with Crippen LogP contribution in [-0.4, -0.2) is 38.2 Å². The van der Waals surface area contributed by atoms with E-state index in [2.05, 4.69) is 20.8 Å². The SMILES string of the molecule is CCn1nnnc1NC(=O)C1=C(F)C=C(CC(F)(F)F)C(CC)(C(N)=O)C1C. The van der Waals surface area contributed by atoms with E-state index in [1.54, 1.807) is 6.92 Å². The van der Waals surface area contributed by atoms with Gasteiger partial charge < -0.3 is 5.73 Å². The van der Waals surface area contributed by atoms with Gasteiger partial charge in [-0.1, -0.05) is 18.9 Å². The van der Waals surface area contributed by atoms with E-state index in [1.807, 2.05) is 0 Å². The molecule has 8 nitrogen and oxygen atoms in total. The number of tetrazole rings is 1. The first-order valence-electron chi connectivity index (χ1n) is 8.52. The summed E-state index contributed by atoms with van der Waals surface area (Å²) in [5.41, 5.74) is 2.60. The van der Waals surface area contributed by atoms with Gasteiger partial charge in [0, 0.05) is 12.5 Å². The van der Waals surface area contributed by atoms with Crippen LogP contribution in [0.5, 0.6) is 0 Å². The average molecular weight is 404 g/mol. The molecule has 154 valence electrons. The van der Waals surface area contributed by atoms with E-state index in [4.69, 9.17) is 5.73 Å². The Kier molecular flexibility index (Phi) is 5.90. The fourth-order valence-electron chi connectivity index (χ4n) is 3.58. The summed E-state index contributed by atoms with van der Waals surface area (Å²) < 4.78 is 54.9. The maximum Gasteiger partial charge on any atom is 0.392 e. The van der Waals surface area contributed by atoms with E-state index >= 15 is 0 Å². The van der Waals surface area contributed by atoms with E-state index in [9.17, 15) is 27.2 Å². The Morgan fingerprint density at radius 2 is 2.00 bits per heavy atom. The molecule has 1 aromatic heterocycles. The van der Waals surface area contributed by atoms with Crippen LogP contribution in [0.4, 0.5) is 23.5 Å². The van der Waals surface area contributed by atoms with Crippen LogP contribution in [0, 0.1) is 11.3 Å². The van der Waals surface area contributed by atoms with Crippen molar-refractivity contribution in [1.29, 1.82) is 0 Å². The van der Waals surface area contributed by atoms with E-state index < -0.39 is 52.7 Å². The number of nitrogens with one attached hydrogen (secondary N) is 1. The van der Waals surface area contributed by atoms with E-state index in [1.165, 1.54) is 18.5 Å². The van der Waals surface area contributed by atoms with Crippen LogP contribution in [-0.2, 0) is 16.1 Å². The third kappa shape index (κ3) is 3.76. The van der Waals surface area contributed by atoms with Crippen molar-refractivity contribution < 1.29 is 27.2 Å². The van der Waals surface area contributed by atoms with Gasteiger partial charge in [-0.3, -0.25) is 14.9 Å². The maximum absolute atomic E-state index is 14.7. The van der Waals surface area contributed by atoms with Gasteiger partial charge in [-0.15, -0.1) is 0 Å². The molecule has 0 radical (unpaired) electrons. The van der Waals surface area contributed by atoms with Crippen LogP contribution < -0.4 is 11.1 Å². The number of aryl methyl sites for hydroxylation is 1. The molecular weight excluding hydrogens is 384 g/mol. The second-order valence-corrected chi connectivity index (χ2v) is 6.41. The quantitative estimate of drug-likeness (QED) is 0.706. The number of amides is 2. The maximum atomic E-state index is 14.7. The molecule has 0 saturated carbocycles. The summed E-state index contributed by atoms with van der Waals surface area (Å²) in [6, 6.07) is 0. The Labute approximate surface area is 157 Å². The molecule has 12 heteroatoms. The topological polar surface area (TPSA) is 116 Å². The van der Waals surface area contributed by atoms with Crippen molar-refractivity contribution in [3.05, 3.63) is 23.0 Å². The number of alkyl halides is 3. The van der Waals surface area contributed by atoms with Crippen molar-refractivity contribution in [2.24, 2.45) is 17.1 Å². The Hall–Kier alpha value is -2.79. The van der Waals surface area contributed by atoms with Crippen molar-refractivity contribution in [3.8, 4) is 0 Å². The molecule has 0 aromatic carbocycles. The van der Waals surface area contributed by atoms with Gasteiger partial charge in [-0.2, -0.15) is 13.2 Å². The molecule has 2 unspecified atom stereocenters. The molecule has 2 amide bonds. The Bertz CT molecular complexity index is 844. The van der Waals surface area contributed by atoms with Crippen molar-refractivity contribution in [1.82, 2.24) is 20.2 Å². The molecule has 0 bridgehead atoms. The lowest BCUT2D eigenvalue weighted by molar-refractivity contribution is -0.137. The minimum Gasteiger partial charge on any atom is -0.369 e. The molecule has 28 heavy (non-hydrogen) atoms. The lowest BCUT2D eigenvalue weighted by atomic mass is 9.62. The first-order chi connectivity index (χ1) is 13.0. The number of aromatic nitrogens is 4. The highest BCUT2D eigenvalue weighted by atomic mass is 19.4. The number of carbonyl (C=O) groups is 2. The van der Waals surface area contributed by atoms with Crippen LogP contribution in [0.1, 0.15) is 33.6 Å². The molecule has 0 saturated heterocycles. The number of primary amides is 1. The molecule has 2 atom stereocenters. The van der Waals surface area contributed by atoms with Gasteiger partial charge in [0.1, 0.15) is 5.83 Å². The molecule has 0 aliphatic heterocycles. The summed E-state index contributed by atoms with van der Waals surface area (Å²) in [4.78, 5) is 24.9. The number of hydrogen-bond acceptors (Lipinski definition) is 5. The molecule has 0 fully saturated rings. The van der Waals surface area contributed by atoms with Gasteiger partial charge in [-0.05, 0) is 35.4 Å². The molecule has 1 aliphatic carbocycles. The first-order valence-corrected chi connectivity index (χ1v) is 8.52. The number of rotatable bonds is 6. The zero-order valence-corrected chi connectivity index (χ0v) is 15.5. The zero-order valence-electron chi connectivity index (χ0n) is 15.5. The predicted octanol–water partition coefficient (Wildman–Crippen LogP) is 2.27. The standard InChI is InChI=1S/C16H20F4N6O2/c1-4-15(13(21)28)8(3)11(10(17)6-9(15)7-16(18,19)20)12(27)22-14-23-24-25-26(14)5-2/h6,8H,4-5,7H2,1-3H3,(H2,21,28)(H,22,23,25,27). The van der Waals surface area contributed by atoms with Gasteiger partial charge >= 0.3 is 6.18 Å². The van der Waals surface area contributed by atoms with Crippen molar-refractivity contribution in [2.45, 2.75) is 46.3 Å². The second-order valence-electron chi connectivity index (χ2n) is 6.41. The zero-order chi connectivity index (χ0) is 21.3. The van der Waals surface area contributed by atoms with Crippen LogP contribution in [0.3, 0.4) is 0 Å². The normalized spacial score (nSPS) is 22.8. The Balaban J connectivity index is 2.53. The van der Waals surface area contributed by atoms with Gasteiger partial charge in [0.25, 0.3) is 5.91 Å². The third-order valence-electron chi connectivity index (χ3n) is 4.99. The number of hydrogen-bond donors (Lipinski definition) is 2. The second kappa shape index (κ2) is 7.68. The van der Waals surface area contributed by atoms with Crippen LogP contribution in [0.15, 0.2) is 23.0 Å². The lowest BCUT2D eigenvalue weighted by Crippen LogP contribution is -2.48. The number of nitrogens with zero attached hydrogens (tertiary/aromatic N) is 4. The van der Waals surface area contributed by atoms with Gasteiger partial charge in [0.05, 0.1) is 17.4 Å². The number of nitrogens with two attached hydrogens (primary N) is 1. The van der Waals surface area contributed by atoms with Gasteiger partial charge in [0.2, 0.25) is 11.9 Å². The summed E-state index contributed by atoms with van der Waals surface area (Å²) in [5.74, 6) is -4.48. The van der Waals surface area contributed by atoms with E-state index in [0.717, 1.165) is 0 Å². The summed E-state index contributed by atoms with van der Waals surface area (Å²) in [5, 5.41) is 12.9. The van der Waals surface area contributed by atoms with Crippen molar-refractivity contribution >= 4 is 17.8 Å². The summed E-state index contributed by atoms with van der Waals surface area (Å²) in [7, 11) is 0.